The van der Waals surface area contributed by atoms with Gasteiger partial charge in [-0.3, -0.25) is 14.9 Å². The first-order valence-corrected chi connectivity index (χ1v) is 8.58. The van der Waals surface area contributed by atoms with Crippen LogP contribution in [0.2, 0.25) is 0 Å². The van der Waals surface area contributed by atoms with Crippen LogP contribution in [0.1, 0.15) is 11.7 Å². The average molecular weight is 396 g/mol. The normalized spacial score (nSPS) is 11.4. The third-order valence-corrected chi connectivity index (χ3v) is 4.04. The summed E-state index contributed by atoms with van der Waals surface area (Å²) in [5.74, 6) is -1.10. The molecule has 0 bridgehead atoms. The molecule has 148 valence electrons. The molecular formula is C21H17FN2O5. The van der Waals surface area contributed by atoms with Crippen molar-refractivity contribution >= 4 is 17.3 Å². The van der Waals surface area contributed by atoms with Crippen molar-refractivity contribution < 1.29 is 23.6 Å². The highest BCUT2D eigenvalue weighted by Crippen LogP contribution is 2.32. The molecule has 0 aliphatic carbocycles. The van der Waals surface area contributed by atoms with Gasteiger partial charge in [-0.15, -0.1) is 0 Å². The van der Waals surface area contributed by atoms with E-state index >= 15 is 0 Å². The molecule has 29 heavy (non-hydrogen) atoms. The van der Waals surface area contributed by atoms with Crippen molar-refractivity contribution in [3.05, 3.63) is 94.3 Å². The molecule has 1 amide bonds. The van der Waals surface area contributed by atoms with Crippen LogP contribution in [0, 0.1) is 15.9 Å². The molecule has 3 aromatic carbocycles. The molecule has 0 heterocycles. The second-order valence-electron chi connectivity index (χ2n) is 6.00. The van der Waals surface area contributed by atoms with E-state index in [9.17, 15) is 19.3 Å². The summed E-state index contributed by atoms with van der Waals surface area (Å²) in [6, 6.07) is 18.0. The van der Waals surface area contributed by atoms with E-state index in [0.29, 0.717) is 17.0 Å². The van der Waals surface area contributed by atoms with Crippen LogP contribution in [0.4, 0.5) is 15.8 Å². The molecule has 3 rings (SSSR count). The highest BCUT2D eigenvalue weighted by Gasteiger charge is 2.27. The summed E-state index contributed by atoms with van der Waals surface area (Å²) in [7, 11) is 1.50. The number of nitrogens with zero attached hydrogens (tertiary/aromatic N) is 1. The van der Waals surface area contributed by atoms with Crippen LogP contribution < -0.4 is 14.8 Å². The van der Waals surface area contributed by atoms with Crippen LogP contribution in [-0.4, -0.2) is 17.9 Å². The average Bonchev–Trinajstić information content (AvgIpc) is 2.72. The Bertz CT molecular complexity index is 1030. The summed E-state index contributed by atoms with van der Waals surface area (Å²) in [5.41, 5.74) is 0.459. The number of carbonyl (C=O) groups excluding carboxylic acids is 1. The standard InChI is InChI=1S/C21H17FN2O5/c1-28-17-9-5-8-16(13-17)23-21(25)20(14-6-3-2-4-7-14)29-19-12-15(22)10-11-18(19)24(26)27/h2-13,20H,1H3,(H,23,25)/t20-/m0/s1. The highest BCUT2D eigenvalue weighted by molar-refractivity contribution is 5.95. The number of halogens is 1. The van der Waals surface area contributed by atoms with E-state index in [4.69, 9.17) is 9.47 Å². The Morgan fingerprint density at radius 2 is 1.83 bits per heavy atom. The van der Waals surface area contributed by atoms with Gasteiger partial charge in [-0.1, -0.05) is 36.4 Å². The van der Waals surface area contributed by atoms with Gasteiger partial charge in [-0.2, -0.15) is 0 Å². The number of methoxy groups -OCH3 is 1. The van der Waals surface area contributed by atoms with Gasteiger partial charge in [-0.05, 0) is 18.2 Å². The van der Waals surface area contributed by atoms with Crippen molar-refractivity contribution in [1.29, 1.82) is 0 Å². The Labute approximate surface area is 165 Å². The number of anilines is 1. The van der Waals surface area contributed by atoms with Crippen LogP contribution in [0.15, 0.2) is 72.8 Å². The number of hydrogen-bond acceptors (Lipinski definition) is 5. The van der Waals surface area contributed by atoms with Crippen molar-refractivity contribution in [2.24, 2.45) is 0 Å². The van der Waals surface area contributed by atoms with Crippen molar-refractivity contribution in [2.75, 3.05) is 12.4 Å². The zero-order valence-electron chi connectivity index (χ0n) is 15.4. The first-order chi connectivity index (χ1) is 14.0. The van der Waals surface area contributed by atoms with Gasteiger partial charge < -0.3 is 14.8 Å². The number of nitro groups is 1. The lowest BCUT2D eigenvalue weighted by Crippen LogP contribution is -2.26. The van der Waals surface area contributed by atoms with Crippen molar-refractivity contribution in [3.8, 4) is 11.5 Å². The second kappa shape index (κ2) is 8.83. The lowest BCUT2D eigenvalue weighted by molar-refractivity contribution is -0.386. The molecule has 0 saturated carbocycles. The predicted molar refractivity (Wildman–Crippen MR) is 104 cm³/mol. The number of nitro benzene ring substituents is 1. The third-order valence-electron chi connectivity index (χ3n) is 4.04. The molecule has 0 aliphatic heterocycles. The van der Waals surface area contributed by atoms with Crippen molar-refractivity contribution in [3.63, 3.8) is 0 Å². The first kappa shape index (κ1) is 19.8. The molecule has 0 saturated heterocycles. The van der Waals surface area contributed by atoms with Gasteiger partial charge in [0.2, 0.25) is 11.9 Å². The van der Waals surface area contributed by atoms with Gasteiger partial charge in [0.05, 0.1) is 12.0 Å². The maximum atomic E-state index is 13.7. The minimum atomic E-state index is -1.25. The molecule has 0 aliphatic rings. The molecule has 0 fully saturated rings. The summed E-state index contributed by atoms with van der Waals surface area (Å²) < 4.78 is 24.5. The summed E-state index contributed by atoms with van der Waals surface area (Å²) >= 11 is 0. The third kappa shape index (κ3) is 4.86. The maximum Gasteiger partial charge on any atom is 0.311 e. The Balaban J connectivity index is 1.95. The predicted octanol–water partition coefficient (Wildman–Crippen LogP) is 4.50. The fourth-order valence-electron chi connectivity index (χ4n) is 2.67. The number of nitrogens with one attached hydrogen (secondary N) is 1. The minimum absolute atomic E-state index is 0.343. The lowest BCUT2D eigenvalue weighted by atomic mass is 10.1. The molecule has 7 nitrogen and oxygen atoms in total. The van der Waals surface area contributed by atoms with Gasteiger partial charge in [-0.25, -0.2) is 4.39 Å². The van der Waals surface area contributed by atoms with E-state index in [1.54, 1.807) is 54.6 Å². The molecular weight excluding hydrogens is 379 g/mol. The quantitative estimate of drug-likeness (QED) is 0.469. The SMILES string of the molecule is COc1cccc(NC(=O)[C@@H](Oc2cc(F)ccc2[N+](=O)[O-])c2ccccc2)c1. The van der Waals surface area contributed by atoms with E-state index in [1.165, 1.54) is 7.11 Å². The number of amides is 1. The largest absolute Gasteiger partial charge is 0.497 e. The smallest absolute Gasteiger partial charge is 0.311 e. The van der Waals surface area contributed by atoms with E-state index in [0.717, 1.165) is 18.2 Å². The number of hydrogen-bond donors (Lipinski definition) is 1. The molecule has 3 aromatic rings. The molecule has 0 spiro atoms. The molecule has 0 radical (unpaired) electrons. The highest BCUT2D eigenvalue weighted by atomic mass is 19.1. The Morgan fingerprint density at radius 3 is 2.52 bits per heavy atom. The van der Waals surface area contributed by atoms with Gasteiger partial charge >= 0.3 is 5.69 Å². The molecule has 1 N–H and O–H groups in total. The van der Waals surface area contributed by atoms with Crippen molar-refractivity contribution in [2.45, 2.75) is 6.10 Å². The fraction of sp³-hybridized carbons (Fsp3) is 0.0952. The molecule has 1 atom stereocenters. The van der Waals surface area contributed by atoms with Crippen molar-refractivity contribution in [1.82, 2.24) is 0 Å². The van der Waals surface area contributed by atoms with Crippen LogP contribution >= 0.6 is 0 Å². The van der Waals surface area contributed by atoms with Gasteiger partial charge in [0.25, 0.3) is 5.91 Å². The number of benzene rings is 3. The monoisotopic (exact) mass is 396 g/mol. The van der Waals surface area contributed by atoms with E-state index in [2.05, 4.69) is 5.32 Å². The summed E-state index contributed by atoms with van der Waals surface area (Å²) in [6.07, 6.45) is -1.25. The Kier molecular flexibility index (Phi) is 6.03. The lowest BCUT2D eigenvalue weighted by Gasteiger charge is -2.19. The minimum Gasteiger partial charge on any atom is -0.497 e. The van der Waals surface area contributed by atoms with Gasteiger partial charge in [0, 0.05) is 29.4 Å². The zero-order valence-corrected chi connectivity index (χ0v) is 15.4. The van der Waals surface area contributed by atoms with Crippen LogP contribution in [-0.2, 0) is 4.79 Å². The molecule has 8 heteroatoms. The molecule has 0 aromatic heterocycles. The summed E-state index contributed by atoms with van der Waals surface area (Å²) in [6.45, 7) is 0. The Hall–Kier alpha value is -3.94. The fourth-order valence-corrected chi connectivity index (χ4v) is 2.67. The maximum absolute atomic E-state index is 13.7. The number of ether oxygens (including phenoxy) is 2. The number of rotatable bonds is 7. The number of carbonyl (C=O) groups is 1. The first-order valence-electron chi connectivity index (χ1n) is 8.58. The second-order valence-corrected chi connectivity index (χ2v) is 6.00. The summed E-state index contributed by atoms with van der Waals surface area (Å²) in [4.78, 5) is 23.5. The Morgan fingerprint density at radius 1 is 1.07 bits per heavy atom. The summed E-state index contributed by atoms with van der Waals surface area (Å²) in [5, 5.41) is 14.0. The zero-order chi connectivity index (χ0) is 20.8. The van der Waals surface area contributed by atoms with Crippen LogP contribution in [0.3, 0.4) is 0 Å². The topological polar surface area (TPSA) is 90.7 Å². The van der Waals surface area contributed by atoms with E-state index < -0.39 is 28.4 Å². The van der Waals surface area contributed by atoms with E-state index in [-0.39, 0.29) is 5.75 Å². The van der Waals surface area contributed by atoms with E-state index in [1.807, 2.05) is 0 Å². The van der Waals surface area contributed by atoms with Crippen LogP contribution in [0.5, 0.6) is 11.5 Å². The van der Waals surface area contributed by atoms with Crippen LogP contribution in [0.25, 0.3) is 0 Å². The molecule has 0 unspecified atom stereocenters. The van der Waals surface area contributed by atoms with Gasteiger partial charge in [0.1, 0.15) is 11.6 Å². The van der Waals surface area contributed by atoms with Gasteiger partial charge in [0.15, 0.2) is 0 Å².